The molecule has 0 spiro atoms. The van der Waals surface area contributed by atoms with E-state index < -0.39 is 0 Å². The van der Waals surface area contributed by atoms with Crippen molar-refractivity contribution in [2.45, 2.75) is 45.6 Å². The van der Waals surface area contributed by atoms with Crippen LogP contribution in [-0.4, -0.2) is 24.9 Å². The van der Waals surface area contributed by atoms with Gasteiger partial charge in [0.15, 0.2) is 5.76 Å². The molecule has 0 amide bonds. The quantitative estimate of drug-likeness (QED) is 0.553. The van der Waals surface area contributed by atoms with Gasteiger partial charge in [-0.2, -0.15) is 5.10 Å². The normalized spacial score (nSPS) is 13.0. The molecule has 4 aromatic rings. The molecular formula is C19H21N5O. The summed E-state index contributed by atoms with van der Waals surface area (Å²) in [5, 5.41) is 8.88. The molecule has 4 heterocycles. The molecule has 4 rings (SSSR count). The van der Waals surface area contributed by atoms with Crippen molar-refractivity contribution >= 4 is 22.1 Å². The molecule has 6 nitrogen and oxygen atoms in total. The number of fused-ring (bicyclic) bond motifs is 2. The summed E-state index contributed by atoms with van der Waals surface area (Å²) in [7, 11) is 0. The van der Waals surface area contributed by atoms with Crippen LogP contribution in [-0.2, 0) is 11.0 Å². The highest BCUT2D eigenvalue weighted by atomic mass is 16.5. The lowest BCUT2D eigenvalue weighted by Gasteiger charge is -2.25. The molecule has 0 aliphatic carbocycles. The van der Waals surface area contributed by atoms with Crippen LogP contribution in [0.5, 0.6) is 0 Å². The third kappa shape index (κ3) is 2.49. The molecule has 0 aliphatic heterocycles. The summed E-state index contributed by atoms with van der Waals surface area (Å²) in [5.41, 5.74) is 3.83. The minimum absolute atomic E-state index is 0.135. The standard InChI is InChI=1S/C19H21N5O/c1-18(2,3)17-16-14(23-25-17)9-12(10-21-16)19(4,5)24-11-15-13(22-24)7-6-8-20-15/h6-11H,1-5H3. The lowest BCUT2D eigenvalue weighted by molar-refractivity contribution is 0.335. The first-order valence-electron chi connectivity index (χ1n) is 8.34. The Labute approximate surface area is 145 Å². The topological polar surface area (TPSA) is 69.6 Å². The average molecular weight is 335 g/mol. The van der Waals surface area contributed by atoms with Crippen LogP contribution in [0.15, 0.2) is 41.3 Å². The van der Waals surface area contributed by atoms with Crippen LogP contribution in [0.1, 0.15) is 45.9 Å². The monoisotopic (exact) mass is 335 g/mol. The Morgan fingerprint density at radius 1 is 1.00 bits per heavy atom. The molecule has 0 N–H and O–H groups in total. The van der Waals surface area contributed by atoms with Gasteiger partial charge in [-0.25, -0.2) is 0 Å². The smallest absolute Gasteiger partial charge is 0.168 e. The third-order valence-electron chi connectivity index (χ3n) is 4.55. The lowest BCUT2D eigenvalue weighted by atomic mass is 9.91. The summed E-state index contributed by atoms with van der Waals surface area (Å²) in [6.07, 6.45) is 5.62. The Balaban J connectivity index is 1.82. The van der Waals surface area contributed by atoms with E-state index in [4.69, 9.17) is 4.52 Å². The second-order valence-electron chi connectivity index (χ2n) is 7.89. The van der Waals surface area contributed by atoms with Crippen molar-refractivity contribution in [2.75, 3.05) is 0 Å². The summed E-state index contributed by atoms with van der Waals surface area (Å²) in [5.74, 6) is 0.806. The average Bonchev–Trinajstić information content (AvgIpc) is 3.18. The van der Waals surface area contributed by atoms with Gasteiger partial charge in [0.2, 0.25) is 0 Å². The first kappa shape index (κ1) is 15.7. The number of hydrogen-bond acceptors (Lipinski definition) is 5. The van der Waals surface area contributed by atoms with Crippen molar-refractivity contribution in [3.8, 4) is 0 Å². The zero-order valence-electron chi connectivity index (χ0n) is 15.1. The van der Waals surface area contributed by atoms with E-state index in [1.807, 2.05) is 35.3 Å². The van der Waals surface area contributed by atoms with Gasteiger partial charge in [0.05, 0.1) is 11.7 Å². The molecular weight excluding hydrogens is 314 g/mol. The maximum atomic E-state index is 5.56. The van der Waals surface area contributed by atoms with E-state index in [0.29, 0.717) is 0 Å². The highest BCUT2D eigenvalue weighted by molar-refractivity contribution is 5.77. The van der Waals surface area contributed by atoms with Crippen LogP contribution in [0, 0.1) is 0 Å². The van der Waals surface area contributed by atoms with Crippen molar-refractivity contribution in [3.05, 3.63) is 48.1 Å². The largest absolute Gasteiger partial charge is 0.358 e. The van der Waals surface area contributed by atoms with Gasteiger partial charge >= 0.3 is 0 Å². The zero-order valence-corrected chi connectivity index (χ0v) is 15.1. The summed E-state index contributed by atoms with van der Waals surface area (Å²) >= 11 is 0. The molecule has 0 aliphatic rings. The van der Waals surface area contributed by atoms with Gasteiger partial charge in [0, 0.05) is 17.8 Å². The molecule has 0 radical (unpaired) electrons. The second-order valence-corrected chi connectivity index (χ2v) is 7.89. The molecule has 0 aromatic carbocycles. The molecule has 0 bridgehead atoms. The number of hydrogen-bond donors (Lipinski definition) is 0. The fourth-order valence-corrected chi connectivity index (χ4v) is 2.93. The maximum absolute atomic E-state index is 5.56. The Bertz CT molecular complexity index is 1040. The summed E-state index contributed by atoms with van der Waals surface area (Å²) in [6, 6.07) is 5.88. The summed E-state index contributed by atoms with van der Waals surface area (Å²) < 4.78 is 7.48. The van der Waals surface area contributed by atoms with Crippen LogP contribution in [0.25, 0.3) is 22.1 Å². The Hall–Kier alpha value is -2.76. The van der Waals surface area contributed by atoms with Crippen LogP contribution in [0.2, 0.25) is 0 Å². The van der Waals surface area contributed by atoms with Gasteiger partial charge in [0.25, 0.3) is 0 Å². The van der Waals surface area contributed by atoms with Gasteiger partial charge in [-0.1, -0.05) is 25.9 Å². The predicted molar refractivity (Wildman–Crippen MR) is 96.5 cm³/mol. The first-order chi connectivity index (χ1) is 11.8. The molecule has 25 heavy (non-hydrogen) atoms. The molecule has 0 saturated carbocycles. The van der Waals surface area contributed by atoms with Gasteiger partial charge < -0.3 is 4.52 Å². The van der Waals surface area contributed by atoms with E-state index in [0.717, 1.165) is 33.4 Å². The van der Waals surface area contributed by atoms with Crippen LogP contribution in [0.3, 0.4) is 0 Å². The Kier molecular flexibility index (Phi) is 3.22. The van der Waals surface area contributed by atoms with Crippen molar-refractivity contribution in [2.24, 2.45) is 0 Å². The van der Waals surface area contributed by atoms with E-state index >= 15 is 0 Å². The minimum Gasteiger partial charge on any atom is -0.358 e. The fraction of sp³-hybridized carbons (Fsp3) is 0.368. The van der Waals surface area contributed by atoms with E-state index in [2.05, 4.69) is 54.8 Å². The second kappa shape index (κ2) is 5.12. The fourth-order valence-electron chi connectivity index (χ4n) is 2.93. The molecule has 0 atom stereocenters. The molecule has 128 valence electrons. The van der Waals surface area contributed by atoms with Crippen molar-refractivity contribution in [1.82, 2.24) is 24.9 Å². The molecule has 6 heteroatoms. The van der Waals surface area contributed by atoms with Crippen LogP contribution in [0.4, 0.5) is 0 Å². The van der Waals surface area contributed by atoms with E-state index in [1.165, 1.54) is 0 Å². The van der Waals surface area contributed by atoms with Gasteiger partial charge in [-0.05, 0) is 37.6 Å². The minimum atomic E-state index is -0.386. The Morgan fingerprint density at radius 3 is 2.52 bits per heavy atom. The molecule has 4 aromatic heterocycles. The molecule has 0 unspecified atom stereocenters. The summed E-state index contributed by atoms with van der Waals surface area (Å²) in [6.45, 7) is 10.5. The molecule has 0 saturated heterocycles. The SMILES string of the molecule is CC(C)(C)c1onc2cc(C(C)(C)n3cc4ncccc4n3)cnc12. The lowest BCUT2D eigenvalue weighted by Crippen LogP contribution is -2.28. The number of aromatic nitrogens is 5. The van der Waals surface area contributed by atoms with Crippen molar-refractivity contribution in [1.29, 1.82) is 0 Å². The van der Waals surface area contributed by atoms with Crippen LogP contribution >= 0.6 is 0 Å². The van der Waals surface area contributed by atoms with Gasteiger partial charge in [-0.15, -0.1) is 0 Å². The van der Waals surface area contributed by atoms with E-state index in [-0.39, 0.29) is 11.0 Å². The van der Waals surface area contributed by atoms with Crippen molar-refractivity contribution < 1.29 is 4.52 Å². The molecule has 0 fully saturated rings. The van der Waals surface area contributed by atoms with Gasteiger partial charge in [0.1, 0.15) is 22.1 Å². The van der Waals surface area contributed by atoms with E-state index in [9.17, 15) is 0 Å². The Morgan fingerprint density at radius 2 is 1.80 bits per heavy atom. The highest BCUT2D eigenvalue weighted by Gasteiger charge is 2.28. The third-order valence-corrected chi connectivity index (χ3v) is 4.55. The van der Waals surface area contributed by atoms with Crippen molar-refractivity contribution in [3.63, 3.8) is 0 Å². The van der Waals surface area contributed by atoms with Crippen LogP contribution < -0.4 is 0 Å². The summed E-state index contributed by atoms with van der Waals surface area (Å²) in [4.78, 5) is 9.00. The number of rotatable bonds is 2. The number of nitrogens with zero attached hydrogens (tertiary/aromatic N) is 5. The zero-order chi connectivity index (χ0) is 17.8. The maximum Gasteiger partial charge on any atom is 0.168 e. The highest BCUT2D eigenvalue weighted by Crippen LogP contribution is 2.32. The van der Waals surface area contributed by atoms with E-state index in [1.54, 1.807) is 6.20 Å². The predicted octanol–water partition coefficient (Wildman–Crippen LogP) is 4.05. The first-order valence-corrected chi connectivity index (χ1v) is 8.34. The number of pyridine rings is 2. The van der Waals surface area contributed by atoms with Gasteiger partial charge in [-0.3, -0.25) is 14.6 Å².